The zero-order valence-corrected chi connectivity index (χ0v) is 15.4. The number of aromatic nitrogens is 1. The molecule has 2 aromatic rings. The van der Waals surface area contributed by atoms with Crippen molar-refractivity contribution in [2.24, 2.45) is 5.73 Å². The average Bonchev–Trinajstić information content (AvgIpc) is 2.87. The molecule has 4 nitrogen and oxygen atoms in total. The zero-order valence-electron chi connectivity index (χ0n) is 14.6. The lowest BCUT2D eigenvalue weighted by Crippen LogP contribution is -2.41. The van der Waals surface area contributed by atoms with Crippen LogP contribution < -0.4 is 11.1 Å². The summed E-state index contributed by atoms with van der Waals surface area (Å²) in [7, 11) is 0. The molecule has 0 fully saturated rings. The number of nitrogens with two attached hydrogens (primary N) is 1. The van der Waals surface area contributed by atoms with Crippen molar-refractivity contribution < 1.29 is 13.6 Å². The Morgan fingerprint density at radius 2 is 1.88 bits per heavy atom. The highest BCUT2D eigenvalue weighted by Gasteiger charge is 2.28. The number of hydrogen-bond acceptors (Lipinski definition) is 2. The standard InChI is InChI=1S/C18H23F2N3O.ClH/c1-12-9-16(17(24)22-11-18(19,20)10-21)14(3)23(12)13(2)15-7-5-4-6-8-15;/h4-9,13H,10-11,21H2,1-3H3,(H,22,24);1H. The molecule has 1 aromatic carbocycles. The van der Waals surface area contributed by atoms with E-state index < -0.39 is 24.9 Å². The summed E-state index contributed by atoms with van der Waals surface area (Å²) in [5.74, 6) is -3.61. The minimum absolute atomic E-state index is 0. The van der Waals surface area contributed by atoms with Gasteiger partial charge in [0.25, 0.3) is 11.8 Å². The highest BCUT2D eigenvalue weighted by atomic mass is 35.5. The molecule has 1 atom stereocenters. The van der Waals surface area contributed by atoms with Crippen molar-refractivity contribution in [1.82, 2.24) is 9.88 Å². The summed E-state index contributed by atoms with van der Waals surface area (Å²) in [6.45, 7) is 4.21. The average molecular weight is 372 g/mol. The van der Waals surface area contributed by atoms with Crippen LogP contribution in [0, 0.1) is 13.8 Å². The Morgan fingerprint density at radius 1 is 1.28 bits per heavy atom. The van der Waals surface area contributed by atoms with Gasteiger partial charge in [0.15, 0.2) is 0 Å². The van der Waals surface area contributed by atoms with Crippen LogP contribution in [0.2, 0.25) is 0 Å². The first-order valence-corrected chi connectivity index (χ1v) is 7.86. The molecule has 25 heavy (non-hydrogen) atoms. The van der Waals surface area contributed by atoms with Gasteiger partial charge in [0.1, 0.15) is 0 Å². The van der Waals surface area contributed by atoms with Crippen molar-refractivity contribution in [1.29, 1.82) is 0 Å². The molecule has 0 aliphatic rings. The molecular formula is C18H24ClF2N3O. The summed E-state index contributed by atoms with van der Waals surface area (Å²) in [4.78, 5) is 12.3. The van der Waals surface area contributed by atoms with Gasteiger partial charge in [0.2, 0.25) is 0 Å². The van der Waals surface area contributed by atoms with E-state index in [1.807, 2.05) is 55.7 Å². The van der Waals surface area contributed by atoms with E-state index in [1.165, 1.54) is 0 Å². The van der Waals surface area contributed by atoms with E-state index >= 15 is 0 Å². The van der Waals surface area contributed by atoms with E-state index in [-0.39, 0.29) is 18.4 Å². The first kappa shape index (κ1) is 21.1. The predicted octanol–water partition coefficient (Wildman–Crippen LogP) is 3.46. The molecule has 0 saturated heterocycles. The second-order valence-corrected chi connectivity index (χ2v) is 5.98. The molecule has 1 unspecified atom stereocenters. The molecule has 3 N–H and O–H groups in total. The lowest BCUT2D eigenvalue weighted by atomic mass is 10.1. The molecule has 7 heteroatoms. The monoisotopic (exact) mass is 371 g/mol. The fraction of sp³-hybridized carbons (Fsp3) is 0.389. The van der Waals surface area contributed by atoms with Crippen molar-refractivity contribution in [3.05, 3.63) is 58.9 Å². The smallest absolute Gasteiger partial charge is 0.277 e. The molecule has 138 valence electrons. The number of nitrogens with zero attached hydrogens (tertiary/aromatic N) is 1. The molecule has 1 aromatic heterocycles. The minimum atomic E-state index is -3.10. The summed E-state index contributed by atoms with van der Waals surface area (Å²) in [6, 6.07) is 11.7. The van der Waals surface area contributed by atoms with Crippen LogP contribution in [-0.4, -0.2) is 29.5 Å². The van der Waals surface area contributed by atoms with Crippen LogP contribution in [0.4, 0.5) is 8.78 Å². The van der Waals surface area contributed by atoms with Crippen molar-refractivity contribution in [2.75, 3.05) is 13.1 Å². The van der Waals surface area contributed by atoms with E-state index in [0.29, 0.717) is 5.56 Å². The summed E-state index contributed by atoms with van der Waals surface area (Å²) in [6.07, 6.45) is 0. The van der Waals surface area contributed by atoms with Crippen LogP contribution in [0.25, 0.3) is 0 Å². The number of amides is 1. The van der Waals surface area contributed by atoms with Crippen LogP contribution in [0.15, 0.2) is 36.4 Å². The highest BCUT2D eigenvalue weighted by molar-refractivity contribution is 5.95. The maximum atomic E-state index is 13.2. The van der Waals surface area contributed by atoms with Crippen molar-refractivity contribution in [2.45, 2.75) is 32.7 Å². The molecular weight excluding hydrogens is 348 g/mol. The summed E-state index contributed by atoms with van der Waals surface area (Å²) in [5, 5.41) is 2.27. The molecule has 0 aliphatic heterocycles. The predicted molar refractivity (Wildman–Crippen MR) is 97.7 cm³/mol. The van der Waals surface area contributed by atoms with Gasteiger partial charge in [-0.05, 0) is 32.4 Å². The number of aryl methyl sites for hydroxylation is 1. The molecule has 1 heterocycles. The molecule has 0 spiro atoms. The van der Waals surface area contributed by atoms with Gasteiger partial charge in [0.05, 0.1) is 24.7 Å². The van der Waals surface area contributed by atoms with Crippen molar-refractivity contribution in [3.8, 4) is 0 Å². The Bertz CT molecular complexity index is 717. The molecule has 2 rings (SSSR count). The van der Waals surface area contributed by atoms with Crippen LogP contribution in [-0.2, 0) is 0 Å². The quantitative estimate of drug-likeness (QED) is 0.816. The topological polar surface area (TPSA) is 60.1 Å². The summed E-state index contributed by atoms with van der Waals surface area (Å²) < 4.78 is 28.5. The lowest BCUT2D eigenvalue weighted by Gasteiger charge is -2.19. The van der Waals surface area contributed by atoms with Gasteiger partial charge in [-0.3, -0.25) is 4.79 Å². The number of benzene rings is 1. The number of alkyl halides is 2. The van der Waals surface area contributed by atoms with Gasteiger partial charge in [-0.1, -0.05) is 30.3 Å². The van der Waals surface area contributed by atoms with E-state index in [2.05, 4.69) is 5.32 Å². The first-order chi connectivity index (χ1) is 11.3. The van der Waals surface area contributed by atoms with E-state index in [9.17, 15) is 13.6 Å². The Labute approximate surface area is 152 Å². The lowest BCUT2D eigenvalue weighted by molar-refractivity contribution is 0.0118. The van der Waals surface area contributed by atoms with Crippen LogP contribution >= 0.6 is 12.4 Å². The highest BCUT2D eigenvalue weighted by Crippen LogP contribution is 2.25. The van der Waals surface area contributed by atoms with E-state index in [1.54, 1.807) is 6.07 Å². The fourth-order valence-corrected chi connectivity index (χ4v) is 2.86. The minimum Gasteiger partial charge on any atom is -0.346 e. The van der Waals surface area contributed by atoms with Gasteiger partial charge in [-0.25, -0.2) is 8.78 Å². The third kappa shape index (κ3) is 4.80. The van der Waals surface area contributed by atoms with Crippen LogP contribution in [0.5, 0.6) is 0 Å². The Hall–Kier alpha value is -1.92. The summed E-state index contributed by atoms with van der Waals surface area (Å²) in [5.41, 5.74) is 8.16. The summed E-state index contributed by atoms with van der Waals surface area (Å²) >= 11 is 0. The number of hydrogen-bond donors (Lipinski definition) is 2. The molecule has 0 saturated carbocycles. The van der Waals surface area contributed by atoms with E-state index in [4.69, 9.17) is 5.73 Å². The second kappa shape index (κ2) is 8.45. The van der Waals surface area contributed by atoms with Gasteiger partial charge in [-0.2, -0.15) is 0 Å². The third-order valence-electron chi connectivity index (χ3n) is 4.20. The Balaban J connectivity index is 0.00000312. The number of nitrogens with one attached hydrogen (secondary N) is 1. The molecule has 0 aliphatic carbocycles. The number of halogens is 3. The zero-order chi connectivity index (χ0) is 17.9. The van der Waals surface area contributed by atoms with E-state index in [0.717, 1.165) is 17.0 Å². The SMILES string of the molecule is Cc1cc(C(=O)NCC(F)(F)CN)c(C)n1C(C)c1ccccc1.Cl. The number of carbonyl (C=O) groups excluding carboxylic acids is 1. The molecule has 1 amide bonds. The second-order valence-electron chi connectivity index (χ2n) is 5.98. The van der Waals surface area contributed by atoms with Gasteiger partial charge in [0, 0.05) is 11.4 Å². The Morgan fingerprint density at radius 3 is 2.44 bits per heavy atom. The number of carbonyl (C=O) groups is 1. The van der Waals surface area contributed by atoms with Crippen molar-refractivity contribution in [3.63, 3.8) is 0 Å². The fourth-order valence-electron chi connectivity index (χ4n) is 2.86. The van der Waals surface area contributed by atoms with Gasteiger partial charge >= 0.3 is 0 Å². The van der Waals surface area contributed by atoms with Gasteiger partial charge in [-0.15, -0.1) is 12.4 Å². The normalized spacial score (nSPS) is 12.4. The Kier molecular flexibility index (Phi) is 7.14. The van der Waals surface area contributed by atoms with Crippen LogP contribution in [0.3, 0.4) is 0 Å². The third-order valence-corrected chi connectivity index (χ3v) is 4.20. The maximum Gasteiger partial charge on any atom is 0.277 e. The number of rotatable bonds is 6. The first-order valence-electron chi connectivity index (χ1n) is 7.86. The van der Waals surface area contributed by atoms with Gasteiger partial charge < -0.3 is 15.6 Å². The molecule has 0 bridgehead atoms. The largest absolute Gasteiger partial charge is 0.346 e. The maximum absolute atomic E-state index is 13.2. The molecule has 0 radical (unpaired) electrons. The van der Waals surface area contributed by atoms with Crippen LogP contribution in [0.1, 0.15) is 40.3 Å². The van der Waals surface area contributed by atoms with Crippen molar-refractivity contribution >= 4 is 18.3 Å².